The first kappa shape index (κ1) is 11.0. The summed E-state index contributed by atoms with van der Waals surface area (Å²) < 4.78 is 6.07. The molecule has 2 bridgehead atoms. The predicted octanol–water partition coefficient (Wildman–Crippen LogP) is 1.33. The Kier molecular flexibility index (Phi) is 2.07. The minimum atomic E-state index is -0.106. The van der Waals surface area contributed by atoms with Crippen molar-refractivity contribution in [3.8, 4) is 0 Å². The molecule has 3 rings (SSSR count). The second kappa shape index (κ2) is 3.01. The van der Waals surface area contributed by atoms with Crippen LogP contribution < -0.4 is 5.06 Å². The fourth-order valence-electron chi connectivity index (χ4n) is 4.64. The second-order valence-electron chi connectivity index (χ2n) is 6.67. The van der Waals surface area contributed by atoms with Crippen LogP contribution in [-0.4, -0.2) is 18.4 Å². The molecule has 3 nitrogen and oxygen atoms in total. The quantitative estimate of drug-likeness (QED) is 0.684. The van der Waals surface area contributed by atoms with E-state index in [9.17, 15) is 5.21 Å². The standard InChI is InChI=1S/C13H23NO2/c1-5-9-14(15)10-8-6-7-13(4,11(10)16-9)12(8,2)3/h8-11,14H,5-7H2,1-4H3. The maximum absolute atomic E-state index is 12.3. The summed E-state index contributed by atoms with van der Waals surface area (Å²) in [4.78, 5) is 0. The van der Waals surface area contributed by atoms with E-state index in [1.165, 1.54) is 12.8 Å². The van der Waals surface area contributed by atoms with E-state index in [4.69, 9.17) is 4.74 Å². The van der Waals surface area contributed by atoms with Gasteiger partial charge < -0.3 is 15.0 Å². The zero-order valence-electron chi connectivity index (χ0n) is 10.7. The summed E-state index contributed by atoms with van der Waals surface area (Å²) in [7, 11) is 0. The van der Waals surface area contributed by atoms with Crippen LogP contribution in [-0.2, 0) is 4.74 Å². The number of hydroxylamine groups is 2. The zero-order chi connectivity index (χ0) is 11.7. The Bertz CT molecular complexity index is 317. The van der Waals surface area contributed by atoms with E-state index in [2.05, 4.69) is 27.7 Å². The fraction of sp³-hybridized carbons (Fsp3) is 1.00. The molecule has 6 atom stereocenters. The van der Waals surface area contributed by atoms with Crippen molar-refractivity contribution in [2.45, 2.75) is 65.3 Å². The highest BCUT2D eigenvalue weighted by molar-refractivity contribution is 5.16. The Morgan fingerprint density at radius 2 is 2.06 bits per heavy atom. The molecule has 1 saturated heterocycles. The number of nitrogens with one attached hydrogen (secondary N) is 1. The lowest BCUT2D eigenvalue weighted by Crippen LogP contribution is -3.14. The van der Waals surface area contributed by atoms with Crippen molar-refractivity contribution >= 4 is 0 Å². The van der Waals surface area contributed by atoms with Crippen molar-refractivity contribution in [2.75, 3.05) is 0 Å². The Morgan fingerprint density at radius 3 is 2.62 bits per heavy atom. The van der Waals surface area contributed by atoms with Gasteiger partial charge >= 0.3 is 0 Å². The average molecular weight is 225 g/mol. The third-order valence-electron chi connectivity index (χ3n) is 6.09. The molecule has 0 amide bonds. The Balaban J connectivity index is 1.99. The van der Waals surface area contributed by atoms with Crippen LogP contribution in [0.4, 0.5) is 0 Å². The van der Waals surface area contributed by atoms with E-state index in [1.54, 1.807) is 0 Å². The van der Waals surface area contributed by atoms with Crippen LogP contribution in [0.5, 0.6) is 0 Å². The van der Waals surface area contributed by atoms with Crippen molar-refractivity contribution in [3.05, 3.63) is 5.21 Å². The maximum atomic E-state index is 12.3. The number of quaternary nitrogens is 1. The third kappa shape index (κ3) is 0.964. The number of ether oxygens (including phenoxy) is 1. The molecule has 2 aliphatic carbocycles. The summed E-state index contributed by atoms with van der Waals surface area (Å²) >= 11 is 0. The lowest BCUT2D eigenvalue weighted by molar-refractivity contribution is -0.902. The first-order valence-electron chi connectivity index (χ1n) is 6.62. The largest absolute Gasteiger partial charge is 0.632 e. The minimum absolute atomic E-state index is 0.106. The molecule has 3 fully saturated rings. The van der Waals surface area contributed by atoms with Gasteiger partial charge in [-0.2, -0.15) is 0 Å². The maximum Gasteiger partial charge on any atom is 0.192 e. The summed E-state index contributed by atoms with van der Waals surface area (Å²) in [5, 5.41) is 12.7. The van der Waals surface area contributed by atoms with Gasteiger partial charge in [0.05, 0.1) is 0 Å². The molecular formula is C13H23NO2. The van der Waals surface area contributed by atoms with Crippen LogP contribution in [0.3, 0.4) is 0 Å². The topological polar surface area (TPSA) is 36.7 Å². The van der Waals surface area contributed by atoms with Crippen molar-refractivity contribution < 1.29 is 9.80 Å². The van der Waals surface area contributed by atoms with Gasteiger partial charge in [0.15, 0.2) is 6.23 Å². The Labute approximate surface area is 97.7 Å². The van der Waals surface area contributed by atoms with Gasteiger partial charge in [-0.15, -0.1) is 0 Å². The number of hydrogen-bond donors (Lipinski definition) is 1. The monoisotopic (exact) mass is 225 g/mol. The fourth-order valence-corrected chi connectivity index (χ4v) is 4.64. The Morgan fingerprint density at radius 1 is 1.38 bits per heavy atom. The van der Waals surface area contributed by atoms with Crippen LogP contribution >= 0.6 is 0 Å². The van der Waals surface area contributed by atoms with Gasteiger partial charge in [-0.25, -0.2) is 0 Å². The van der Waals surface area contributed by atoms with Crippen molar-refractivity contribution in [1.82, 2.24) is 0 Å². The number of hydrogen-bond acceptors (Lipinski definition) is 2. The molecule has 3 aliphatic rings. The first-order chi connectivity index (χ1) is 7.43. The van der Waals surface area contributed by atoms with E-state index >= 15 is 0 Å². The molecule has 92 valence electrons. The summed E-state index contributed by atoms with van der Waals surface area (Å²) in [5.74, 6) is 0.562. The smallest absolute Gasteiger partial charge is 0.192 e. The molecule has 1 N–H and O–H groups in total. The average Bonchev–Trinajstić information content (AvgIpc) is 2.72. The van der Waals surface area contributed by atoms with E-state index in [0.29, 0.717) is 11.0 Å². The SMILES string of the molecule is CCC1OC2C(C3CCC2(C)C3(C)C)[NH+]1[O-]. The molecule has 3 heteroatoms. The summed E-state index contributed by atoms with van der Waals surface area (Å²) in [6.45, 7) is 9.06. The molecule has 0 spiro atoms. The molecule has 16 heavy (non-hydrogen) atoms. The van der Waals surface area contributed by atoms with Crippen molar-refractivity contribution in [1.29, 1.82) is 0 Å². The molecule has 0 aromatic heterocycles. The highest BCUT2D eigenvalue weighted by Crippen LogP contribution is 2.66. The molecular weight excluding hydrogens is 202 g/mol. The predicted molar refractivity (Wildman–Crippen MR) is 61.7 cm³/mol. The third-order valence-corrected chi connectivity index (χ3v) is 6.09. The highest BCUT2D eigenvalue weighted by Gasteiger charge is 2.72. The van der Waals surface area contributed by atoms with Gasteiger partial charge in [-0.3, -0.25) is 0 Å². The second-order valence-corrected chi connectivity index (χ2v) is 6.67. The van der Waals surface area contributed by atoms with Gasteiger partial charge in [0.25, 0.3) is 0 Å². The molecule has 1 aliphatic heterocycles. The molecule has 2 saturated carbocycles. The van der Waals surface area contributed by atoms with Crippen LogP contribution in [0.25, 0.3) is 0 Å². The molecule has 6 unspecified atom stereocenters. The van der Waals surface area contributed by atoms with Gasteiger partial charge in [0.2, 0.25) is 0 Å². The van der Waals surface area contributed by atoms with E-state index in [0.717, 1.165) is 6.42 Å². The molecule has 0 aromatic carbocycles. The summed E-state index contributed by atoms with van der Waals surface area (Å²) in [6.07, 6.45) is 3.39. The van der Waals surface area contributed by atoms with Gasteiger partial charge in [0.1, 0.15) is 12.1 Å². The highest BCUT2D eigenvalue weighted by atomic mass is 16.6. The Hall–Kier alpha value is -0.120. The van der Waals surface area contributed by atoms with Gasteiger partial charge in [0, 0.05) is 17.8 Å². The lowest BCUT2D eigenvalue weighted by atomic mass is 9.70. The van der Waals surface area contributed by atoms with Crippen LogP contribution in [0.15, 0.2) is 0 Å². The van der Waals surface area contributed by atoms with Gasteiger partial charge in [-0.1, -0.05) is 27.7 Å². The van der Waals surface area contributed by atoms with Crippen molar-refractivity contribution in [2.24, 2.45) is 16.7 Å². The molecule has 1 heterocycles. The van der Waals surface area contributed by atoms with E-state index < -0.39 is 0 Å². The normalized spacial score (nSPS) is 57.9. The van der Waals surface area contributed by atoms with E-state index in [-0.39, 0.29) is 29.2 Å². The summed E-state index contributed by atoms with van der Waals surface area (Å²) in [5.41, 5.74) is 0.499. The lowest BCUT2D eigenvalue weighted by Gasteiger charge is -2.37. The summed E-state index contributed by atoms with van der Waals surface area (Å²) in [6, 6.07) is 0.207. The zero-order valence-corrected chi connectivity index (χ0v) is 10.7. The van der Waals surface area contributed by atoms with Gasteiger partial charge in [-0.05, 0) is 18.3 Å². The molecule has 0 radical (unpaired) electrons. The number of rotatable bonds is 1. The number of fused-ring (bicyclic) bond motifs is 5. The molecule has 0 aromatic rings. The first-order valence-corrected chi connectivity index (χ1v) is 6.62. The minimum Gasteiger partial charge on any atom is -0.632 e. The van der Waals surface area contributed by atoms with Crippen molar-refractivity contribution in [3.63, 3.8) is 0 Å². The van der Waals surface area contributed by atoms with Crippen LogP contribution in [0.1, 0.15) is 47.0 Å². The van der Waals surface area contributed by atoms with Crippen LogP contribution in [0.2, 0.25) is 0 Å². The van der Waals surface area contributed by atoms with E-state index in [1.807, 2.05) is 0 Å². The van der Waals surface area contributed by atoms with Crippen LogP contribution in [0, 0.1) is 22.0 Å².